The molecule has 0 unspecified atom stereocenters. The summed E-state index contributed by atoms with van der Waals surface area (Å²) in [5.74, 6) is -0.125. The Morgan fingerprint density at radius 1 is 1.00 bits per heavy atom. The van der Waals surface area contributed by atoms with Crippen LogP contribution in [-0.2, 0) is 6.18 Å². The Morgan fingerprint density at radius 3 is 2.10 bits per heavy atom. The van der Waals surface area contributed by atoms with Crippen LogP contribution >= 0.6 is 0 Å². The molecule has 21 heavy (non-hydrogen) atoms. The van der Waals surface area contributed by atoms with Crippen LogP contribution in [-0.4, -0.2) is 17.5 Å². The van der Waals surface area contributed by atoms with Crippen LogP contribution in [0.1, 0.15) is 15.9 Å². The number of hydrogen-bond acceptors (Lipinski definition) is 3. The highest BCUT2D eigenvalue weighted by atomic mass is 19.4. The fourth-order valence-corrected chi connectivity index (χ4v) is 1.62. The minimum absolute atomic E-state index is 0.0372. The molecule has 0 aliphatic heterocycles. The summed E-state index contributed by atoms with van der Waals surface area (Å²) in [7, 11) is 0. The first-order valence-electron chi connectivity index (χ1n) is 5.98. The van der Waals surface area contributed by atoms with Crippen LogP contribution in [0, 0.1) is 0 Å². The molecule has 0 atom stereocenters. The summed E-state index contributed by atoms with van der Waals surface area (Å²) in [4.78, 5) is 11.8. The molecule has 3 nitrogen and oxygen atoms in total. The number of hydrogen-bond donors (Lipinski definition) is 1. The third-order valence-corrected chi connectivity index (χ3v) is 2.74. The molecule has 2 aromatic rings. The molecule has 6 heteroatoms. The van der Waals surface area contributed by atoms with Gasteiger partial charge in [0.25, 0.3) is 0 Å². The fourth-order valence-electron chi connectivity index (χ4n) is 1.62. The van der Waals surface area contributed by atoms with E-state index in [9.17, 15) is 18.0 Å². The highest BCUT2D eigenvalue weighted by Crippen LogP contribution is 2.30. The average Bonchev–Trinajstić information content (AvgIpc) is 2.45. The van der Waals surface area contributed by atoms with Crippen molar-refractivity contribution < 1.29 is 27.8 Å². The second-order valence-electron chi connectivity index (χ2n) is 4.28. The van der Waals surface area contributed by atoms with Crippen molar-refractivity contribution in [1.29, 1.82) is 0 Å². The number of aromatic hydroxyl groups is 1. The van der Waals surface area contributed by atoms with Gasteiger partial charge in [0, 0.05) is 5.56 Å². The largest absolute Gasteiger partial charge is 0.508 e. The standard InChI is InChI=1S/C15H11F3O3/c16-15(17,18)11-3-7-13(8-4-11)21-9-14(20)10-1-5-12(19)6-2-10/h1-8,19H,9H2. The Bertz CT molecular complexity index is 616. The molecule has 0 saturated carbocycles. The van der Waals surface area contributed by atoms with Gasteiger partial charge in [0.1, 0.15) is 11.5 Å². The highest BCUT2D eigenvalue weighted by Gasteiger charge is 2.30. The molecule has 0 aliphatic carbocycles. The number of phenols is 1. The average molecular weight is 296 g/mol. The lowest BCUT2D eigenvalue weighted by molar-refractivity contribution is -0.137. The van der Waals surface area contributed by atoms with Crippen LogP contribution in [0.4, 0.5) is 13.2 Å². The van der Waals surface area contributed by atoms with Gasteiger partial charge in [-0.1, -0.05) is 0 Å². The first kappa shape index (κ1) is 14.9. The Morgan fingerprint density at radius 2 is 1.57 bits per heavy atom. The summed E-state index contributed by atoms with van der Waals surface area (Å²) in [6, 6.07) is 9.71. The van der Waals surface area contributed by atoms with Gasteiger partial charge in [-0.15, -0.1) is 0 Å². The van der Waals surface area contributed by atoms with E-state index in [2.05, 4.69) is 0 Å². The minimum atomic E-state index is -4.40. The number of phenolic OH excluding ortho intramolecular Hbond substituents is 1. The Kier molecular flexibility index (Phi) is 4.16. The van der Waals surface area contributed by atoms with Crippen molar-refractivity contribution in [2.75, 3.05) is 6.61 Å². The number of benzene rings is 2. The van der Waals surface area contributed by atoms with E-state index in [-0.39, 0.29) is 23.9 Å². The molecule has 0 radical (unpaired) electrons. The van der Waals surface area contributed by atoms with Crippen LogP contribution in [0.25, 0.3) is 0 Å². The minimum Gasteiger partial charge on any atom is -0.508 e. The van der Waals surface area contributed by atoms with Gasteiger partial charge in [0.15, 0.2) is 12.4 Å². The number of carbonyl (C=O) groups is 1. The quantitative estimate of drug-likeness (QED) is 0.876. The van der Waals surface area contributed by atoms with Crippen LogP contribution in [0.5, 0.6) is 11.5 Å². The zero-order valence-corrected chi connectivity index (χ0v) is 10.7. The number of carbonyl (C=O) groups excluding carboxylic acids is 1. The summed E-state index contributed by atoms with van der Waals surface area (Å²) in [5.41, 5.74) is -0.431. The van der Waals surface area contributed by atoms with Crippen LogP contribution in [0.3, 0.4) is 0 Å². The Balaban J connectivity index is 1.97. The van der Waals surface area contributed by atoms with Gasteiger partial charge in [0.2, 0.25) is 0 Å². The van der Waals surface area contributed by atoms with Crippen LogP contribution in [0.15, 0.2) is 48.5 Å². The number of ether oxygens (including phenoxy) is 1. The number of halogens is 3. The topological polar surface area (TPSA) is 46.5 Å². The van der Waals surface area contributed by atoms with Crippen molar-refractivity contribution in [1.82, 2.24) is 0 Å². The van der Waals surface area contributed by atoms with Gasteiger partial charge < -0.3 is 9.84 Å². The van der Waals surface area contributed by atoms with Gasteiger partial charge >= 0.3 is 6.18 Å². The molecule has 0 aromatic heterocycles. The van der Waals surface area contributed by atoms with E-state index in [0.29, 0.717) is 5.56 Å². The zero-order chi connectivity index (χ0) is 15.5. The van der Waals surface area contributed by atoms with E-state index in [1.807, 2.05) is 0 Å². The lowest BCUT2D eigenvalue weighted by Crippen LogP contribution is -2.11. The van der Waals surface area contributed by atoms with E-state index in [0.717, 1.165) is 24.3 Å². The molecular weight excluding hydrogens is 285 g/mol. The van der Waals surface area contributed by atoms with Crippen molar-refractivity contribution in [3.63, 3.8) is 0 Å². The SMILES string of the molecule is O=C(COc1ccc(C(F)(F)F)cc1)c1ccc(O)cc1. The maximum atomic E-state index is 12.4. The van der Waals surface area contributed by atoms with Crippen LogP contribution in [0.2, 0.25) is 0 Å². The number of alkyl halides is 3. The summed E-state index contributed by atoms with van der Waals surface area (Å²) >= 11 is 0. The van der Waals surface area contributed by atoms with Crippen LogP contribution < -0.4 is 4.74 Å². The molecule has 2 aromatic carbocycles. The predicted molar refractivity (Wildman–Crippen MR) is 69.4 cm³/mol. The highest BCUT2D eigenvalue weighted by molar-refractivity contribution is 5.97. The summed E-state index contributed by atoms with van der Waals surface area (Å²) in [6.45, 7) is -0.295. The monoisotopic (exact) mass is 296 g/mol. The van der Waals surface area contributed by atoms with Gasteiger partial charge in [-0.2, -0.15) is 13.2 Å². The third kappa shape index (κ3) is 3.98. The molecule has 0 spiro atoms. The molecule has 2 rings (SSSR count). The van der Waals surface area contributed by atoms with E-state index < -0.39 is 11.7 Å². The van der Waals surface area contributed by atoms with Crippen molar-refractivity contribution >= 4 is 5.78 Å². The maximum Gasteiger partial charge on any atom is 0.416 e. The van der Waals surface area contributed by atoms with Crippen molar-refractivity contribution in [3.05, 3.63) is 59.7 Å². The van der Waals surface area contributed by atoms with Crippen molar-refractivity contribution in [2.24, 2.45) is 0 Å². The Labute approximate surface area is 118 Å². The first-order chi connectivity index (χ1) is 9.86. The third-order valence-electron chi connectivity index (χ3n) is 2.74. The molecule has 0 amide bonds. The molecule has 110 valence electrons. The van der Waals surface area contributed by atoms with Gasteiger partial charge in [-0.3, -0.25) is 4.79 Å². The molecule has 1 N–H and O–H groups in total. The first-order valence-corrected chi connectivity index (χ1v) is 5.98. The van der Waals surface area contributed by atoms with E-state index in [1.54, 1.807) is 0 Å². The Hall–Kier alpha value is -2.50. The normalized spacial score (nSPS) is 11.2. The van der Waals surface area contributed by atoms with Gasteiger partial charge in [-0.25, -0.2) is 0 Å². The second-order valence-corrected chi connectivity index (χ2v) is 4.28. The van der Waals surface area contributed by atoms with E-state index >= 15 is 0 Å². The van der Waals surface area contributed by atoms with Gasteiger partial charge in [-0.05, 0) is 48.5 Å². The molecule has 0 fully saturated rings. The number of ketones is 1. The summed E-state index contributed by atoms with van der Waals surface area (Å²) in [5, 5.41) is 9.10. The molecular formula is C15H11F3O3. The molecule has 0 heterocycles. The van der Waals surface area contributed by atoms with E-state index in [4.69, 9.17) is 9.84 Å². The smallest absolute Gasteiger partial charge is 0.416 e. The lowest BCUT2D eigenvalue weighted by atomic mass is 10.1. The lowest BCUT2D eigenvalue weighted by Gasteiger charge is -2.09. The molecule has 0 aliphatic rings. The second kappa shape index (κ2) is 5.87. The molecule has 0 bridgehead atoms. The zero-order valence-electron chi connectivity index (χ0n) is 10.7. The van der Waals surface area contributed by atoms with Gasteiger partial charge in [0.05, 0.1) is 5.56 Å². The fraction of sp³-hybridized carbons (Fsp3) is 0.133. The summed E-state index contributed by atoms with van der Waals surface area (Å²) < 4.78 is 42.3. The van der Waals surface area contributed by atoms with Crippen molar-refractivity contribution in [3.8, 4) is 11.5 Å². The molecule has 0 saturated heterocycles. The predicted octanol–water partition coefficient (Wildman–Crippen LogP) is 3.67. The number of rotatable bonds is 4. The maximum absolute atomic E-state index is 12.4. The summed E-state index contributed by atoms with van der Waals surface area (Å²) in [6.07, 6.45) is -4.40. The number of Topliss-reactive ketones (excluding diaryl/α,β-unsaturated/α-hetero) is 1. The van der Waals surface area contributed by atoms with Crippen molar-refractivity contribution in [2.45, 2.75) is 6.18 Å². The van der Waals surface area contributed by atoms with E-state index in [1.165, 1.54) is 24.3 Å².